The van der Waals surface area contributed by atoms with Crippen LogP contribution in [0.5, 0.6) is 5.75 Å². The Labute approximate surface area is 175 Å². The molecule has 0 aliphatic rings. The average molecular weight is 390 g/mol. The summed E-state index contributed by atoms with van der Waals surface area (Å²) < 4.78 is 5.27. The maximum Gasteiger partial charge on any atom is 0.119 e. The predicted octanol–water partition coefficient (Wildman–Crippen LogP) is 8.05. The molecule has 2 nitrogen and oxygen atoms in total. The highest BCUT2D eigenvalue weighted by molar-refractivity contribution is 5.28. The average Bonchev–Trinajstić information content (AvgIpc) is 2.73. The van der Waals surface area contributed by atoms with Gasteiger partial charge in [0.2, 0.25) is 0 Å². The van der Waals surface area contributed by atoms with Crippen LogP contribution in [0.2, 0.25) is 0 Å². The molecule has 0 aromatic heterocycles. The van der Waals surface area contributed by atoms with Crippen molar-refractivity contribution in [1.82, 2.24) is 5.32 Å². The molecule has 2 heteroatoms. The Morgan fingerprint density at radius 3 is 1.68 bits per heavy atom. The molecule has 1 aromatic rings. The Kier molecular flexibility index (Phi) is 17.2. The summed E-state index contributed by atoms with van der Waals surface area (Å²) in [5, 5.41) is 3.55. The summed E-state index contributed by atoms with van der Waals surface area (Å²) >= 11 is 0. The smallest absolute Gasteiger partial charge is 0.119 e. The molecule has 0 fully saturated rings. The minimum atomic E-state index is 0.940. The lowest BCUT2D eigenvalue weighted by atomic mass is 10.0. The molecule has 0 spiro atoms. The van der Waals surface area contributed by atoms with Gasteiger partial charge in [-0.2, -0.15) is 0 Å². The van der Waals surface area contributed by atoms with Crippen LogP contribution < -0.4 is 10.1 Å². The van der Waals surface area contributed by atoms with Crippen molar-refractivity contribution >= 4 is 0 Å². The quantitative estimate of drug-likeness (QED) is 0.228. The maximum atomic E-state index is 5.27. The van der Waals surface area contributed by atoms with Crippen LogP contribution in [0.1, 0.15) is 115 Å². The topological polar surface area (TPSA) is 21.3 Å². The van der Waals surface area contributed by atoms with E-state index in [2.05, 4.69) is 30.4 Å². The van der Waals surface area contributed by atoms with Crippen molar-refractivity contribution in [3.05, 3.63) is 29.8 Å². The standard InChI is InChI=1S/C26H47NO/c1-3-4-5-6-7-8-9-10-11-12-13-14-15-16-17-18-22-27-24-25-20-19-21-26(23-25)28-2/h19-21,23,27H,3-18,22,24H2,1-2H3. The number of benzene rings is 1. The summed E-state index contributed by atoms with van der Waals surface area (Å²) in [5.74, 6) is 0.946. The lowest BCUT2D eigenvalue weighted by molar-refractivity contribution is 0.414. The van der Waals surface area contributed by atoms with Crippen LogP contribution in [0, 0.1) is 0 Å². The number of hydrogen-bond acceptors (Lipinski definition) is 2. The highest BCUT2D eigenvalue weighted by Crippen LogP contribution is 2.14. The fourth-order valence-corrected chi connectivity index (χ4v) is 3.81. The van der Waals surface area contributed by atoms with Gasteiger partial charge in [-0.3, -0.25) is 0 Å². The summed E-state index contributed by atoms with van der Waals surface area (Å²) in [6.07, 6.45) is 22.9. The van der Waals surface area contributed by atoms with Gasteiger partial charge in [0.25, 0.3) is 0 Å². The molecular formula is C26H47NO. The first kappa shape index (κ1) is 25.0. The van der Waals surface area contributed by atoms with Crippen molar-refractivity contribution in [2.45, 2.75) is 116 Å². The fraction of sp³-hybridized carbons (Fsp3) is 0.769. The number of methoxy groups -OCH3 is 1. The van der Waals surface area contributed by atoms with E-state index >= 15 is 0 Å². The fourth-order valence-electron chi connectivity index (χ4n) is 3.81. The Hall–Kier alpha value is -1.02. The number of rotatable bonds is 20. The van der Waals surface area contributed by atoms with E-state index < -0.39 is 0 Å². The predicted molar refractivity (Wildman–Crippen MR) is 124 cm³/mol. The van der Waals surface area contributed by atoms with Gasteiger partial charge in [-0.15, -0.1) is 0 Å². The Bertz CT molecular complexity index is 446. The third-order valence-corrected chi connectivity index (χ3v) is 5.67. The van der Waals surface area contributed by atoms with Gasteiger partial charge in [0, 0.05) is 6.54 Å². The van der Waals surface area contributed by atoms with E-state index in [1.165, 1.54) is 108 Å². The van der Waals surface area contributed by atoms with Crippen molar-refractivity contribution in [2.75, 3.05) is 13.7 Å². The Morgan fingerprint density at radius 1 is 0.679 bits per heavy atom. The summed E-state index contributed by atoms with van der Waals surface area (Å²) in [4.78, 5) is 0. The molecule has 0 saturated heterocycles. The number of unbranched alkanes of at least 4 members (excludes halogenated alkanes) is 15. The first-order valence-electron chi connectivity index (χ1n) is 12.2. The third kappa shape index (κ3) is 15.0. The molecule has 0 saturated carbocycles. The van der Waals surface area contributed by atoms with Gasteiger partial charge in [-0.25, -0.2) is 0 Å². The lowest BCUT2D eigenvalue weighted by Crippen LogP contribution is -2.14. The highest BCUT2D eigenvalue weighted by atomic mass is 16.5. The van der Waals surface area contributed by atoms with Crippen LogP contribution in [-0.2, 0) is 6.54 Å². The molecule has 1 rings (SSSR count). The second-order valence-electron chi connectivity index (χ2n) is 8.33. The summed E-state index contributed by atoms with van der Waals surface area (Å²) in [5.41, 5.74) is 1.30. The number of hydrogen-bond donors (Lipinski definition) is 1. The first-order valence-corrected chi connectivity index (χ1v) is 12.2. The van der Waals surface area contributed by atoms with Crippen LogP contribution >= 0.6 is 0 Å². The zero-order chi connectivity index (χ0) is 20.1. The molecule has 1 aromatic carbocycles. The van der Waals surface area contributed by atoms with Gasteiger partial charge < -0.3 is 10.1 Å². The molecule has 0 atom stereocenters. The normalized spacial score (nSPS) is 11.1. The van der Waals surface area contributed by atoms with E-state index in [4.69, 9.17) is 4.74 Å². The van der Waals surface area contributed by atoms with Crippen LogP contribution in [0.4, 0.5) is 0 Å². The molecule has 0 unspecified atom stereocenters. The van der Waals surface area contributed by atoms with Crippen LogP contribution in [0.25, 0.3) is 0 Å². The van der Waals surface area contributed by atoms with Crippen molar-refractivity contribution in [3.8, 4) is 5.75 Å². The maximum absolute atomic E-state index is 5.27. The minimum absolute atomic E-state index is 0.940. The second-order valence-corrected chi connectivity index (χ2v) is 8.33. The van der Waals surface area contributed by atoms with Gasteiger partial charge in [-0.05, 0) is 30.7 Å². The molecule has 0 radical (unpaired) electrons. The summed E-state index contributed by atoms with van der Waals surface area (Å²) in [6, 6.07) is 8.33. The van der Waals surface area contributed by atoms with E-state index in [9.17, 15) is 0 Å². The number of ether oxygens (including phenoxy) is 1. The second kappa shape index (κ2) is 19.3. The van der Waals surface area contributed by atoms with Crippen molar-refractivity contribution in [3.63, 3.8) is 0 Å². The van der Waals surface area contributed by atoms with E-state index in [1.807, 2.05) is 6.07 Å². The van der Waals surface area contributed by atoms with Gasteiger partial charge in [0.1, 0.15) is 5.75 Å². The first-order chi connectivity index (χ1) is 13.9. The Balaban J connectivity index is 1.75. The van der Waals surface area contributed by atoms with Gasteiger partial charge in [0.05, 0.1) is 7.11 Å². The molecule has 28 heavy (non-hydrogen) atoms. The minimum Gasteiger partial charge on any atom is -0.497 e. The van der Waals surface area contributed by atoms with Crippen molar-refractivity contribution in [1.29, 1.82) is 0 Å². The largest absolute Gasteiger partial charge is 0.497 e. The van der Waals surface area contributed by atoms with Crippen LogP contribution in [0.3, 0.4) is 0 Å². The molecule has 0 bridgehead atoms. The molecule has 0 amide bonds. The van der Waals surface area contributed by atoms with Crippen LogP contribution in [0.15, 0.2) is 24.3 Å². The molecule has 162 valence electrons. The van der Waals surface area contributed by atoms with E-state index in [0.717, 1.165) is 18.8 Å². The van der Waals surface area contributed by atoms with Gasteiger partial charge in [-0.1, -0.05) is 115 Å². The summed E-state index contributed by atoms with van der Waals surface area (Å²) in [6.45, 7) is 4.36. The van der Waals surface area contributed by atoms with Gasteiger partial charge in [0.15, 0.2) is 0 Å². The molecule has 0 aliphatic heterocycles. The molecule has 0 heterocycles. The summed E-state index contributed by atoms with van der Waals surface area (Å²) in [7, 11) is 1.73. The van der Waals surface area contributed by atoms with Crippen molar-refractivity contribution < 1.29 is 4.74 Å². The SMILES string of the molecule is CCCCCCCCCCCCCCCCCCNCc1cccc(OC)c1. The highest BCUT2D eigenvalue weighted by Gasteiger charge is 1.97. The monoisotopic (exact) mass is 389 g/mol. The van der Waals surface area contributed by atoms with E-state index in [0.29, 0.717) is 0 Å². The van der Waals surface area contributed by atoms with Gasteiger partial charge >= 0.3 is 0 Å². The van der Waals surface area contributed by atoms with Crippen LogP contribution in [-0.4, -0.2) is 13.7 Å². The molecule has 1 N–H and O–H groups in total. The number of nitrogens with one attached hydrogen (secondary N) is 1. The molecular weight excluding hydrogens is 342 g/mol. The lowest BCUT2D eigenvalue weighted by Gasteiger charge is -2.07. The third-order valence-electron chi connectivity index (χ3n) is 5.67. The Morgan fingerprint density at radius 2 is 1.18 bits per heavy atom. The zero-order valence-electron chi connectivity index (χ0n) is 18.9. The van der Waals surface area contributed by atoms with E-state index in [1.54, 1.807) is 7.11 Å². The molecule has 0 aliphatic carbocycles. The van der Waals surface area contributed by atoms with E-state index in [-0.39, 0.29) is 0 Å². The van der Waals surface area contributed by atoms with Crippen molar-refractivity contribution in [2.24, 2.45) is 0 Å². The zero-order valence-corrected chi connectivity index (χ0v) is 18.9.